The van der Waals surface area contributed by atoms with E-state index in [4.69, 9.17) is 10.5 Å². The molecular weight excluding hydrogens is 472 g/mol. The highest BCUT2D eigenvalue weighted by Crippen LogP contribution is 2.42. The first-order chi connectivity index (χ1) is 17.9. The number of fused-ring (bicyclic) bond motifs is 1. The Kier molecular flexibility index (Phi) is 7.83. The molecule has 3 heterocycles. The number of carbonyl (C=O) groups excluding carboxylic acids is 3. The Morgan fingerprint density at radius 3 is 2.54 bits per heavy atom. The minimum absolute atomic E-state index is 0.0459. The van der Waals surface area contributed by atoms with Crippen LogP contribution in [0.15, 0.2) is 18.2 Å². The number of carbonyl (C=O) groups is 3. The Morgan fingerprint density at radius 2 is 1.86 bits per heavy atom. The molecule has 3 N–H and O–H groups in total. The van der Waals surface area contributed by atoms with E-state index in [-0.39, 0.29) is 30.8 Å². The molecular formula is C28H40N4O5. The summed E-state index contributed by atoms with van der Waals surface area (Å²) in [5, 5.41) is 10.6. The maximum absolute atomic E-state index is 14.3. The summed E-state index contributed by atoms with van der Waals surface area (Å²) < 4.78 is 5.52. The first-order valence-corrected chi connectivity index (χ1v) is 13.9. The van der Waals surface area contributed by atoms with Crippen molar-refractivity contribution in [3.8, 4) is 0 Å². The number of hydrogen-bond acceptors (Lipinski definition) is 7. The SMILES string of the molecule is CCCN1CCN(c2ccc(C(N)=O)c([C@@H](C(=O)N3C[C@H](O)[C@H]4OCC(=O)[C@H]43)C3CCCCC3)c2)CC1. The molecule has 9 heteroatoms. The number of nitrogens with two attached hydrogens (primary N) is 1. The Morgan fingerprint density at radius 1 is 1.14 bits per heavy atom. The third-order valence-electron chi connectivity index (χ3n) is 8.74. The van der Waals surface area contributed by atoms with Crippen LogP contribution in [0.5, 0.6) is 0 Å². The van der Waals surface area contributed by atoms with E-state index in [1.54, 1.807) is 6.07 Å². The maximum atomic E-state index is 14.3. The van der Waals surface area contributed by atoms with Crippen molar-refractivity contribution in [3.05, 3.63) is 29.3 Å². The van der Waals surface area contributed by atoms with Crippen molar-refractivity contribution in [1.29, 1.82) is 0 Å². The Bertz CT molecular complexity index is 1020. The molecule has 3 saturated heterocycles. The van der Waals surface area contributed by atoms with Gasteiger partial charge in [-0.25, -0.2) is 0 Å². The van der Waals surface area contributed by atoms with E-state index in [9.17, 15) is 19.5 Å². The normalized spacial score (nSPS) is 27.9. The third-order valence-corrected chi connectivity index (χ3v) is 8.74. The molecule has 1 saturated carbocycles. The van der Waals surface area contributed by atoms with Crippen molar-refractivity contribution in [3.63, 3.8) is 0 Å². The van der Waals surface area contributed by atoms with Gasteiger partial charge >= 0.3 is 0 Å². The van der Waals surface area contributed by atoms with Crippen LogP contribution in [-0.4, -0.2) is 96.6 Å². The van der Waals surface area contributed by atoms with E-state index in [0.717, 1.165) is 76.9 Å². The summed E-state index contributed by atoms with van der Waals surface area (Å²) in [7, 11) is 0. The fourth-order valence-electron chi connectivity index (χ4n) is 6.87. The molecule has 0 bridgehead atoms. The van der Waals surface area contributed by atoms with E-state index >= 15 is 0 Å². The topological polar surface area (TPSA) is 116 Å². The van der Waals surface area contributed by atoms with Crippen LogP contribution in [0.25, 0.3) is 0 Å². The van der Waals surface area contributed by atoms with Crippen molar-refractivity contribution in [2.75, 3.05) is 50.8 Å². The number of ether oxygens (including phenoxy) is 1. The lowest BCUT2D eigenvalue weighted by Gasteiger charge is -2.37. The molecule has 0 unspecified atom stereocenters. The summed E-state index contributed by atoms with van der Waals surface area (Å²) in [6.45, 7) is 6.97. The zero-order valence-electron chi connectivity index (χ0n) is 21.8. The smallest absolute Gasteiger partial charge is 0.249 e. The molecule has 0 spiro atoms. The molecule has 4 aliphatic rings. The largest absolute Gasteiger partial charge is 0.388 e. The second-order valence-corrected chi connectivity index (χ2v) is 11.1. The molecule has 5 rings (SSSR count). The van der Waals surface area contributed by atoms with Crippen LogP contribution in [0.4, 0.5) is 5.69 Å². The Hall–Kier alpha value is -2.49. The summed E-state index contributed by atoms with van der Waals surface area (Å²) >= 11 is 0. The Labute approximate surface area is 218 Å². The molecule has 202 valence electrons. The van der Waals surface area contributed by atoms with E-state index < -0.39 is 30.1 Å². The number of anilines is 1. The molecule has 2 amide bonds. The van der Waals surface area contributed by atoms with Crippen molar-refractivity contribution in [2.45, 2.75) is 69.6 Å². The van der Waals surface area contributed by atoms with Crippen LogP contribution in [0.3, 0.4) is 0 Å². The Balaban J connectivity index is 1.50. The summed E-state index contributed by atoms with van der Waals surface area (Å²) in [5.41, 5.74) is 7.86. The van der Waals surface area contributed by atoms with Crippen molar-refractivity contribution in [2.24, 2.45) is 11.7 Å². The highest BCUT2D eigenvalue weighted by Gasteiger charge is 2.53. The molecule has 9 nitrogen and oxygen atoms in total. The number of primary amides is 1. The van der Waals surface area contributed by atoms with E-state index in [1.165, 1.54) is 4.90 Å². The van der Waals surface area contributed by atoms with Gasteiger partial charge in [0.05, 0.1) is 12.5 Å². The van der Waals surface area contributed by atoms with Crippen LogP contribution < -0.4 is 10.6 Å². The van der Waals surface area contributed by atoms with Crippen molar-refractivity contribution in [1.82, 2.24) is 9.80 Å². The predicted molar refractivity (Wildman–Crippen MR) is 139 cm³/mol. The number of nitrogens with zero attached hydrogens (tertiary/aromatic N) is 3. The number of ketones is 1. The highest BCUT2D eigenvalue weighted by molar-refractivity contribution is 5.99. The standard InChI is InChI=1S/C28H40N4O5/c1-2-10-30-11-13-31(14-12-30)19-8-9-20(27(29)35)21(15-19)24(18-6-4-3-5-7-18)28(36)32-16-22(33)26-25(32)23(34)17-37-26/h8-9,15,18,22,24-26,33H,2-7,10-14,16-17H2,1H3,(H2,29,35)/t22-,24-,25+,26+/m0/s1. The molecule has 1 aliphatic carbocycles. The molecule has 4 atom stereocenters. The van der Waals surface area contributed by atoms with Crippen LogP contribution in [0.1, 0.15) is 67.3 Å². The molecule has 0 aromatic heterocycles. The van der Waals surface area contributed by atoms with Gasteiger partial charge in [0.15, 0.2) is 5.78 Å². The van der Waals surface area contributed by atoms with Crippen LogP contribution in [0.2, 0.25) is 0 Å². The van der Waals surface area contributed by atoms with Gasteiger partial charge in [-0.05, 0) is 55.5 Å². The van der Waals surface area contributed by atoms with E-state index in [1.807, 2.05) is 12.1 Å². The molecule has 1 aromatic rings. The average molecular weight is 513 g/mol. The van der Waals surface area contributed by atoms with E-state index in [0.29, 0.717) is 11.1 Å². The first kappa shape index (κ1) is 26.1. The number of aliphatic hydroxyl groups is 1. The molecule has 37 heavy (non-hydrogen) atoms. The number of β-amino-alcohol motifs (C(OH)–C–C–N with tert-alkyl or cyclic N) is 1. The number of Topliss-reactive ketones (excluding diaryl/α,β-unsaturated/α-hetero) is 1. The van der Waals surface area contributed by atoms with Gasteiger partial charge in [-0.15, -0.1) is 0 Å². The van der Waals surface area contributed by atoms with Gasteiger partial charge < -0.3 is 25.4 Å². The van der Waals surface area contributed by atoms with Gasteiger partial charge in [0.2, 0.25) is 11.8 Å². The zero-order valence-corrected chi connectivity index (χ0v) is 21.8. The fraction of sp³-hybridized carbons (Fsp3) is 0.679. The van der Waals surface area contributed by atoms with Crippen LogP contribution >= 0.6 is 0 Å². The lowest BCUT2D eigenvalue weighted by molar-refractivity contribution is -0.139. The molecule has 1 aromatic carbocycles. The van der Waals surface area contributed by atoms with Crippen molar-refractivity contribution >= 4 is 23.3 Å². The lowest BCUT2D eigenvalue weighted by Crippen LogP contribution is -2.47. The number of rotatable bonds is 7. The second-order valence-electron chi connectivity index (χ2n) is 11.1. The number of hydrogen-bond donors (Lipinski definition) is 2. The van der Waals surface area contributed by atoms with Gasteiger partial charge in [-0.2, -0.15) is 0 Å². The van der Waals surface area contributed by atoms with Gasteiger partial charge in [-0.3, -0.25) is 19.3 Å². The summed E-state index contributed by atoms with van der Waals surface area (Å²) in [6, 6.07) is 4.93. The highest BCUT2D eigenvalue weighted by atomic mass is 16.5. The number of likely N-dealkylation sites (tertiary alicyclic amines) is 1. The minimum Gasteiger partial charge on any atom is -0.388 e. The number of amides is 2. The second kappa shape index (κ2) is 11.1. The summed E-state index contributed by atoms with van der Waals surface area (Å²) in [6.07, 6.45) is 4.49. The zero-order chi connectivity index (χ0) is 26.1. The number of benzene rings is 1. The fourth-order valence-corrected chi connectivity index (χ4v) is 6.87. The average Bonchev–Trinajstić information content (AvgIpc) is 3.45. The lowest BCUT2D eigenvalue weighted by atomic mass is 9.74. The molecule has 3 aliphatic heterocycles. The minimum atomic E-state index is -0.895. The summed E-state index contributed by atoms with van der Waals surface area (Å²) in [5.74, 6) is -1.48. The van der Waals surface area contributed by atoms with Crippen LogP contribution in [-0.2, 0) is 14.3 Å². The maximum Gasteiger partial charge on any atom is 0.249 e. The number of aliphatic hydroxyl groups excluding tert-OH is 1. The van der Waals surface area contributed by atoms with Gasteiger partial charge in [0.1, 0.15) is 24.9 Å². The molecule has 4 fully saturated rings. The van der Waals surface area contributed by atoms with Gasteiger partial charge in [0, 0.05) is 37.4 Å². The first-order valence-electron chi connectivity index (χ1n) is 13.9. The molecule has 0 radical (unpaired) electrons. The van der Waals surface area contributed by atoms with Gasteiger partial charge in [0.25, 0.3) is 0 Å². The van der Waals surface area contributed by atoms with Gasteiger partial charge in [-0.1, -0.05) is 26.2 Å². The van der Waals surface area contributed by atoms with Crippen LogP contribution in [0, 0.1) is 5.92 Å². The third kappa shape index (κ3) is 5.13. The quantitative estimate of drug-likeness (QED) is 0.569. The van der Waals surface area contributed by atoms with Crippen molar-refractivity contribution < 1.29 is 24.2 Å². The van der Waals surface area contributed by atoms with E-state index in [2.05, 4.69) is 16.7 Å². The number of piperazine rings is 1. The summed E-state index contributed by atoms with van der Waals surface area (Å²) in [4.78, 5) is 45.8. The predicted octanol–water partition coefficient (Wildman–Crippen LogP) is 1.52. The monoisotopic (exact) mass is 512 g/mol.